The van der Waals surface area contributed by atoms with Crippen LogP contribution in [0.2, 0.25) is 0 Å². The van der Waals surface area contributed by atoms with Gasteiger partial charge in [-0.15, -0.1) is 35.3 Å². The van der Waals surface area contributed by atoms with Crippen LogP contribution in [0.25, 0.3) is 11.0 Å². The molecule has 0 radical (unpaired) electrons. The van der Waals surface area contributed by atoms with E-state index in [1.165, 1.54) is 0 Å². The smallest absolute Gasteiger partial charge is 0.334 e. The number of imidazole rings is 1. The third-order valence-corrected chi connectivity index (χ3v) is 7.41. The highest BCUT2D eigenvalue weighted by molar-refractivity contribution is 8.04. The van der Waals surface area contributed by atoms with Gasteiger partial charge in [0.2, 0.25) is 5.82 Å². The summed E-state index contributed by atoms with van der Waals surface area (Å²) in [6.45, 7) is 6.29. The molecule has 8 heteroatoms. The highest BCUT2D eigenvalue weighted by Crippen LogP contribution is 2.44. The van der Waals surface area contributed by atoms with Crippen molar-refractivity contribution >= 4 is 46.3 Å². The Labute approximate surface area is 159 Å². The number of aromatic amines is 1. The van der Waals surface area contributed by atoms with Crippen LogP contribution in [0, 0.1) is 0 Å². The molecule has 0 spiro atoms. The first kappa shape index (κ1) is 20.8. The molecule has 0 saturated heterocycles. The van der Waals surface area contributed by atoms with E-state index >= 15 is 0 Å². The number of nitrogens with zero attached hydrogens (tertiary/aromatic N) is 1. The van der Waals surface area contributed by atoms with Gasteiger partial charge in [0.1, 0.15) is 5.52 Å². The first-order valence-corrected chi connectivity index (χ1v) is 11.4. The van der Waals surface area contributed by atoms with Gasteiger partial charge in [-0.2, -0.15) is 13.2 Å². The molecule has 0 aliphatic rings. The van der Waals surface area contributed by atoms with Crippen molar-refractivity contribution in [1.29, 1.82) is 0 Å². The maximum absolute atomic E-state index is 13.1. The molecule has 2 aromatic rings. The van der Waals surface area contributed by atoms with Crippen molar-refractivity contribution in [3.8, 4) is 0 Å². The lowest BCUT2D eigenvalue weighted by atomic mass is 10.3. The van der Waals surface area contributed by atoms with E-state index in [0.717, 1.165) is 51.2 Å². The summed E-state index contributed by atoms with van der Waals surface area (Å²) < 4.78 is 39.3. The minimum absolute atomic E-state index is 0.449. The number of hydrogen-bond acceptors (Lipinski definition) is 4. The topological polar surface area (TPSA) is 28.7 Å². The fourth-order valence-corrected chi connectivity index (χ4v) is 5.62. The Morgan fingerprint density at radius 3 is 2.04 bits per heavy atom. The fraction of sp³-hybridized carbons (Fsp3) is 0.588. The van der Waals surface area contributed by atoms with E-state index in [0.29, 0.717) is 11.0 Å². The van der Waals surface area contributed by atoms with Gasteiger partial charge in [-0.05, 0) is 42.6 Å². The molecule has 0 amide bonds. The van der Waals surface area contributed by atoms with Crippen LogP contribution >= 0.6 is 35.3 Å². The largest absolute Gasteiger partial charge is 0.449 e. The number of alkyl halides is 3. The summed E-state index contributed by atoms with van der Waals surface area (Å²) in [6, 6.07) is 1.84. The Hall–Kier alpha value is -0.470. The predicted octanol–water partition coefficient (Wildman–Crippen LogP) is 7.09. The van der Waals surface area contributed by atoms with Crippen LogP contribution in [-0.2, 0) is 6.18 Å². The van der Waals surface area contributed by atoms with Crippen LogP contribution in [0.4, 0.5) is 13.2 Å². The fourth-order valence-electron chi connectivity index (χ4n) is 2.21. The van der Waals surface area contributed by atoms with Gasteiger partial charge in [0.15, 0.2) is 0 Å². The first-order chi connectivity index (χ1) is 11.9. The normalized spacial score (nSPS) is 12.2. The highest BCUT2D eigenvalue weighted by atomic mass is 32.2. The number of thioether (sulfide) groups is 3. The van der Waals surface area contributed by atoms with Gasteiger partial charge in [-0.25, -0.2) is 4.98 Å². The number of H-pyrrole nitrogens is 1. The Morgan fingerprint density at radius 1 is 0.920 bits per heavy atom. The minimum Gasteiger partial charge on any atom is -0.334 e. The van der Waals surface area contributed by atoms with Crippen LogP contribution in [0.3, 0.4) is 0 Å². The summed E-state index contributed by atoms with van der Waals surface area (Å²) in [6.07, 6.45) is -1.45. The van der Waals surface area contributed by atoms with Crippen molar-refractivity contribution in [2.45, 2.75) is 60.9 Å². The van der Waals surface area contributed by atoms with Crippen molar-refractivity contribution < 1.29 is 13.2 Å². The molecular formula is C17H23F3N2S3. The van der Waals surface area contributed by atoms with Gasteiger partial charge in [0.05, 0.1) is 5.52 Å². The second kappa shape index (κ2) is 9.46. The van der Waals surface area contributed by atoms with Crippen molar-refractivity contribution in [2.75, 3.05) is 17.3 Å². The monoisotopic (exact) mass is 408 g/mol. The molecule has 1 aromatic carbocycles. The van der Waals surface area contributed by atoms with Crippen LogP contribution in [0.1, 0.15) is 45.9 Å². The number of hydrogen-bond donors (Lipinski definition) is 1. The summed E-state index contributed by atoms with van der Waals surface area (Å²) in [7, 11) is 0. The summed E-state index contributed by atoms with van der Waals surface area (Å²) in [5.41, 5.74) is 0.926. The quantitative estimate of drug-likeness (QED) is 0.448. The molecule has 0 atom stereocenters. The lowest BCUT2D eigenvalue weighted by Gasteiger charge is -2.14. The lowest BCUT2D eigenvalue weighted by molar-refractivity contribution is -0.144. The molecule has 0 aliphatic carbocycles. The number of halogens is 3. The summed E-state index contributed by atoms with van der Waals surface area (Å²) in [5, 5.41) is 0. The van der Waals surface area contributed by atoms with Crippen molar-refractivity contribution in [2.24, 2.45) is 0 Å². The number of aromatic nitrogens is 2. The van der Waals surface area contributed by atoms with E-state index in [2.05, 4.69) is 30.7 Å². The first-order valence-electron chi connectivity index (χ1n) is 8.44. The third kappa shape index (κ3) is 5.26. The van der Waals surface area contributed by atoms with Gasteiger partial charge < -0.3 is 4.98 Å². The number of rotatable bonds is 9. The van der Waals surface area contributed by atoms with Crippen LogP contribution in [0.15, 0.2) is 20.8 Å². The van der Waals surface area contributed by atoms with Gasteiger partial charge in [-0.1, -0.05) is 20.8 Å². The molecule has 2 nitrogen and oxygen atoms in total. The maximum atomic E-state index is 13.1. The number of benzene rings is 1. The van der Waals surface area contributed by atoms with Crippen LogP contribution < -0.4 is 0 Å². The molecule has 0 bridgehead atoms. The van der Waals surface area contributed by atoms with E-state index in [1.54, 1.807) is 35.3 Å². The van der Waals surface area contributed by atoms with Crippen molar-refractivity contribution in [1.82, 2.24) is 9.97 Å². The second-order valence-corrected chi connectivity index (χ2v) is 8.90. The zero-order chi connectivity index (χ0) is 18.4. The molecule has 140 valence electrons. The lowest BCUT2D eigenvalue weighted by Crippen LogP contribution is -2.06. The average Bonchev–Trinajstić information content (AvgIpc) is 3.00. The zero-order valence-electron chi connectivity index (χ0n) is 14.6. The summed E-state index contributed by atoms with van der Waals surface area (Å²) in [4.78, 5) is 9.42. The molecule has 0 fully saturated rings. The molecule has 0 aliphatic heterocycles. The predicted molar refractivity (Wildman–Crippen MR) is 104 cm³/mol. The summed E-state index contributed by atoms with van der Waals surface area (Å²) in [5.74, 6) is 1.85. The zero-order valence-corrected chi connectivity index (χ0v) is 17.1. The molecule has 0 unspecified atom stereocenters. The third-order valence-electron chi connectivity index (χ3n) is 3.28. The Balaban J connectivity index is 2.62. The molecule has 2 rings (SSSR count). The van der Waals surface area contributed by atoms with Gasteiger partial charge in [-0.3, -0.25) is 0 Å². The van der Waals surface area contributed by atoms with Gasteiger partial charge >= 0.3 is 6.18 Å². The van der Waals surface area contributed by atoms with Crippen molar-refractivity contribution in [3.05, 3.63) is 11.9 Å². The molecule has 0 saturated carbocycles. The maximum Gasteiger partial charge on any atom is 0.449 e. The van der Waals surface area contributed by atoms with Crippen LogP contribution in [-0.4, -0.2) is 27.2 Å². The van der Waals surface area contributed by atoms with E-state index < -0.39 is 12.0 Å². The number of nitrogens with one attached hydrogen (secondary N) is 1. The Bertz CT molecular complexity index is 698. The summed E-state index contributed by atoms with van der Waals surface area (Å²) >= 11 is 5.06. The Kier molecular flexibility index (Phi) is 7.89. The van der Waals surface area contributed by atoms with E-state index in [-0.39, 0.29) is 0 Å². The Morgan fingerprint density at radius 2 is 1.48 bits per heavy atom. The second-order valence-electron chi connectivity index (χ2n) is 5.56. The molecule has 1 N–H and O–H groups in total. The van der Waals surface area contributed by atoms with E-state index in [9.17, 15) is 13.2 Å². The number of fused-ring (bicyclic) bond motifs is 1. The van der Waals surface area contributed by atoms with E-state index in [4.69, 9.17) is 0 Å². The van der Waals surface area contributed by atoms with Crippen LogP contribution in [0.5, 0.6) is 0 Å². The molecule has 25 heavy (non-hydrogen) atoms. The average molecular weight is 409 g/mol. The van der Waals surface area contributed by atoms with Gasteiger partial charge in [0.25, 0.3) is 0 Å². The SMILES string of the molecule is CCCSc1cc2[nH]c(C(F)(F)F)nc2c(SCCC)c1SCCC. The molecular weight excluding hydrogens is 385 g/mol. The molecule has 1 heterocycles. The molecule has 1 aromatic heterocycles. The van der Waals surface area contributed by atoms with Gasteiger partial charge in [0, 0.05) is 14.7 Å². The minimum atomic E-state index is -4.46. The standard InChI is InChI=1S/C17H23F3N2S3/c1-4-7-23-12-10-11-13(22-16(21-11)17(18,19)20)15(25-9-6-3)14(12)24-8-5-2/h10H,4-9H2,1-3H3,(H,21,22). The van der Waals surface area contributed by atoms with Crippen molar-refractivity contribution in [3.63, 3.8) is 0 Å². The van der Waals surface area contributed by atoms with E-state index in [1.807, 2.05) is 6.07 Å². The highest BCUT2D eigenvalue weighted by Gasteiger charge is 2.35.